The molecule has 0 aliphatic heterocycles. The van der Waals surface area contributed by atoms with E-state index in [1.807, 2.05) is 6.92 Å². The average molecular weight is 299 g/mol. The molecule has 1 aliphatic carbocycles. The van der Waals surface area contributed by atoms with Gasteiger partial charge in [0.15, 0.2) is 17.5 Å². The third kappa shape index (κ3) is 4.00. The number of hydrogen-bond acceptors (Lipinski definition) is 1. The summed E-state index contributed by atoms with van der Waals surface area (Å²) in [5.41, 5.74) is 0.272. The van der Waals surface area contributed by atoms with Crippen LogP contribution in [0.25, 0.3) is 0 Å². The summed E-state index contributed by atoms with van der Waals surface area (Å²) in [6.07, 6.45) is 7.61. The molecule has 0 aromatic heterocycles. The number of nitrogens with one attached hydrogen (secondary N) is 1. The van der Waals surface area contributed by atoms with Crippen LogP contribution in [0.2, 0.25) is 0 Å². The van der Waals surface area contributed by atoms with Crippen molar-refractivity contribution in [3.63, 3.8) is 0 Å². The highest BCUT2D eigenvalue weighted by molar-refractivity contribution is 5.24. The molecule has 1 saturated carbocycles. The normalized spacial score (nSPS) is 18.5. The van der Waals surface area contributed by atoms with Crippen LogP contribution in [-0.4, -0.2) is 6.54 Å². The van der Waals surface area contributed by atoms with Crippen LogP contribution >= 0.6 is 0 Å². The molecule has 1 N–H and O–H groups in total. The summed E-state index contributed by atoms with van der Waals surface area (Å²) < 4.78 is 40.8. The second kappa shape index (κ2) is 7.83. The fraction of sp³-hybridized carbons (Fsp3) is 0.647. The van der Waals surface area contributed by atoms with Crippen molar-refractivity contribution in [2.75, 3.05) is 6.54 Å². The quantitative estimate of drug-likeness (QED) is 0.588. The molecule has 4 heteroatoms. The second-order valence-electron chi connectivity index (χ2n) is 5.95. The van der Waals surface area contributed by atoms with Crippen LogP contribution in [0.3, 0.4) is 0 Å². The first-order chi connectivity index (χ1) is 10.1. The first-order valence-corrected chi connectivity index (χ1v) is 8.02. The Morgan fingerprint density at radius 2 is 1.71 bits per heavy atom. The van der Waals surface area contributed by atoms with Gasteiger partial charge in [0.1, 0.15) is 0 Å². The molecular weight excluding hydrogens is 275 g/mol. The summed E-state index contributed by atoms with van der Waals surface area (Å²) in [5.74, 6) is -3.22. The van der Waals surface area contributed by atoms with E-state index in [1.54, 1.807) is 0 Å². The van der Waals surface area contributed by atoms with E-state index < -0.39 is 17.5 Å². The zero-order valence-corrected chi connectivity index (χ0v) is 12.6. The van der Waals surface area contributed by atoms with Crippen LogP contribution in [0.1, 0.15) is 63.5 Å². The van der Waals surface area contributed by atoms with Crippen molar-refractivity contribution in [2.45, 2.75) is 57.9 Å². The Balaban J connectivity index is 2.28. The zero-order chi connectivity index (χ0) is 15.2. The number of hydrogen-bond donors (Lipinski definition) is 1. The van der Waals surface area contributed by atoms with E-state index in [0.717, 1.165) is 44.7 Å². The molecule has 0 radical (unpaired) electrons. The van der Waals surface area contributed by atoms with Crippen LogP contribution in [0.4, 0.5) is 13.2 Å². The smallest absolute Gasteiger partial charge is 0.194 e. The Labute approximate surface area is 124 Å². The molecule has 1 atom stereocenters. The maximum absolute atomic E-state index is 14.1. The van der Waals surface area contributed by atoms with E-state index in [9.17, 15) is 13.2 Å². The Hall–Kier alpha value is -1.03. The summed E-state index contributed by atoms with van der Waals surface area (Å²) in [4.78, 5) is 0. The summed E-state index contributed by atoms with van der Waals surface area (Å²) in [7, 11) is 0. The lowest BCUT2D eigenvalue weighted by Crippen LogP contribution is -2.30. The first-order valence-electron chi connectivity index (χ1n) is 8.02. The Morgan fingerprint density at radius 1 is 1.05 bits per heavy atom. The third-order valence-electron chi connectivity index (χ3n) is 4.39. The molecule has 1 aliphatic rings. The molecule has 21 heavy (non-hydrogen) atoms. The topological polar surface area (TPSA) is 12.0 Å². The fourth-order valence-corrected chi connectivity index (χ4v) is 3.26. The molecule has 0 bridgehead atoms. The molecule has 1 aromatic rings. The van der Waals surface area contributed by atoms with Crippen molar-refractivity contribution in [2.24, 2.45) is 5.92 Å². The maximum Gasteiger partial charge on any atom is 0.194 e. The van der Waals surface area contributed by atoms with Crippen molar-refractivity contribution >= 4 is 0 Å². The molecule has 0 spiro atoms. The standard InChI is InChI=1S/C17H24F3N/c1-2-11-21-17(12-7-5-3-4-6-8-12)13-9-10-14(18)16(20)15(13)19/h9-10,12,17,21H,2-8,11H2,1H3. The predicted molar refractivity (Wildman–Crippen MR) is 78.5 cm³/mol. The lowest BCUT2D eigenvalue weighted by molar-refractivity contribution is 0.312. The van der Waals surface area contributed by atoms with Gasteiger partial charge in [0.2, 0.25) is 0 Å². The molecule has 118 valence electrons. The van der Waals surface area contributed by atoms with Gasteiger partial charge in [-0.15, -0.1) is 0 Å². The van der Waals surface area contributed by atoms with Gasteiger partial charge < -0.3 is 5.32 Å². The minimum absolute atomic E-state index is 0.224. The Bertz CT molecular complexity index is 454. The lowest BCUT2D eigenvalue weighted by atomic mass is 9.86. The van der Waals surface area contributed by atoms with E-state index in [0.29, 0.717) is 5.92 Å². The second-order valence-corrected chi connectivity index (χ2v) is 5.95. The zero-order valence-electron chi connectivity index (χ0n) is 12.6. The van der Waals surface area contributed by atoms with Crippen LogP contribution in [0, 0.1) is 23.4 Å². The predicted octanol–water partition coefficient (Wildman–Crippen LogP) is 5.12. The van der Waals surface area contributed by atoms with Gasteiger partial charge in [-0.3, -0.25) is 0 Å². The maximum atomic E-state index is 14.1. The van der Waals surface area contributed by atoms with E-state index >= 15 is 0 Å². The summed E-state index contributed by atoms with van der Waals surface area (Å²) in [6.45, 7) is 2.79. The number of rotatable bonds is 5. The van der Waals surface area contributed by atoms with Crippen LogP contribution in [0.15, 0.2) is 12.1 Å². The molecule has 1 unspecified atom stereocenters. The van der Waals surface area contributed by atoms with E-state index in [2.05, 4.69) is 5.32 Å². The van der Waals surface area contributed by atoms with Gasteiger partial charge in [-0.05, 0) is 37.8 Å². The van der Waals surface area contributed by atoms with E-state index in [4.69, 9.17) is 0 Å². The van der Waals surface area contributed by atoms with Gasteiger partial charge in [-0.1, -0.05) is 38.7 Å². The monoisotopic (exact) mass is 299 g/mol. The van der Waals surface area contributed by atoms with Crippen LogP contribution < -0.4 is 5.32 Å². The minimum atomic E-state index is -1.36. The summed E-state index contributed by atoms with van der Waals surface area (Å²) in [5, 5.41) is 3.34. The van der Waals surface area contributed by atoms with Crippen molar-refractivity contribution < 1.29 is 13.2 Å². The Morgan fingerprint density at radius 3 is 2.33 bits per heavy atom. The molecule has 2 rings (SSSR count). The van der Waals surface area contributed by atoms with Crippen molar-refractivity contribution in [1.82, 2.24) is 5.32 Å². The molecule has 0 saturated heterocycles. The summed E-state index contributed by atoms with van der Waals surface area (Å²) >= 11 is 0. The highest BCUT2D eigenvalue weighted by atomic mass is 19.2. The first kappa shape index (κ1) is 16.3. The van der Waals surface area contributed by atoms with Gasteiger partial charge in [0.05, 0.1) is 0 Å². The third-order valence-corrected chi connectivity index (χ3v) is 4.39. The molecule has 1 fully saturated rings. The lowest BCUT2D eigenvalue weighted by Gasteiger charge is -2.28. The minimum Gasteiger partial charge on any atom is -0.310 e. The average Bonchev–Trinajstić information content (AvgIpc) is 2.76. The summed E-state index contributed by atoms with van der Waals surface area (Å²) in [6, 6.07) is 2.20. The molecule has 1 aromatic carbocycles. The van der Waals surface area contributed by atoms with Crippen molar-refractivity contribution in [1.29, 1.82) is 0 Å². The van der Waals surface area contributed by atoms with Crippen molar-refractivity contribution in [3.8, 4) is 0 Å². The van der Waals surface area contributed by atoms with Gasteiger partial charge in [-0.2, -0.15) is 0 Å². The van der Waals surface area contributed by atoms with E-state index in [-0.39, 0.29) is 11.6 Å². The fourth-order valence-electron chi connectivity index (χ4n) is 3.26. The SMILES string of the molecule is CCCNC(c1ccc(F)c(F)c1F)C1CCCCCC1. The van der Waals surface area contributed by atoms with Gasteiger partial charge >= 0.3 is 0 Å². The molecule has 0 amide bonds. The molecular formula is C17H24F3N. The van der Waals surface area contributed by atoms with Gasteiger partial charge in [0.25, 0.3) is 0 Å². The number of halogens is 3. The van der Waals surface area contributed by atoms with Gasteiger partial charge in [0, 0.05) is 11.6 Å². The largest absolute Gasteiger partial charge is 0.310 e. The van der Waals surface area contributed by atoms with E-state index in [1.165, 1.54) is 18.9 Å². The highest BCUT2D eigenvalue weighted by Crippen LogP contribution is 2.35. The van der Waals surface area contributed by atoms with Crippen LogP contribution in [0.5, 0.6) is 0 Å². The Kier molecular flexibility index (Phi) is 6.09. The molecule has 0 heterocycles. The highest BCUT2D eigenvalue weighted by Gasteiger charge is 2.28. The van der Waals surface area contributed by atoms with Crippen LogP contribution in [-0.2, 0) is 0 Å². The number of benzene rings is 1. The van der Waals surface area contributed by atoms with Crippen molar-refractivity contribution in [3.05, 3.63) is 35.1 Å². The molecule has 1 nitrogen and oxygen atoms in total. The van der Waals surface area contributed by atoms with Gasteiger partial charge in [-0.25, -0.2) is 13.2 Å².